The van der Waals surface area contributed by atoms with Crippen molar-refractivity contribution in [3.63, 3.8) is 0 Å². The van der Waals surface area contributed by atoms with Crippen molar-refractivity contribution in [2.45, 2.75) is 25.8 Å². The van der Waals surface area contributed by atoms with E-state index in [9.17, 15) is 0 Å². The number of ether oxygens (including phenoxy) is 1. The van der Waals surface area contributed by atoms with Gasteiger partial charge in [-0.2, -0.15) is 0 Å². The Kier molecular flexibility index (Phi) is 2.72. The molecule has 0 saturated carbocycles. The van der Waals surface area contributed by atoms with E-state index in [1.807, 2.05) is 19.1 Å². The second-order valence-electron chi connectivity index (χ2n) is 4.47. The van der Waals surface area contributed by atoms with Crippen molar-refractivity contribution >= 4 is 23.4 Å². The number of nitrogens with one attached hydrogen (secondary N) is 1. The first-order valence-corrected chi connectivity index (χ1v) is 6.32. The van der Waals surface area contributed by atoms with E-state index in [2.05, 4.69) is 14.5 Å². The molecular weight excluding hydrogens is 234 g/mol. The number of rotatable bonds is 1. The Bertz CT molecular complexity index is 595. The highest BCUT2D eigenvalue weighted by molar-refractivity contribution is 7.71. The smallest absolute Gasteiger partial charge is 0.179 e. The fourth-order valence-corrected chi connectivity index (χ4v) is 2.72. The van der Waals surface area contributed by atoms with E-state index in [0.717, 1.165) is 47.7 Å². The van der Waals surface area contributed by atoms with Crippen molar-refractivity contribution in [3.05, 3.63) is 22.6 Å². The monoisotopic (exact) mass is 249 g/mol. The first-order valence-electron chi connectivity index (χ1n) is 5.91. The summed E-state index contributed by atoms with van der Waals surface area (Å²) in [5.41, 5.74) is 3.02. The lowest BCUT2D eigenvalue weighted by Crippen LogP contribution is -2.19. The van der Waals surface area contributed by atoms with Gasteiger partial charge in [-0.25, -0.2) is 4.98 Å². The zero-order valence-electron chi connectivity index (χ0n) is 9.77. The number of aromatic nitrogens is 3. The number of fused-ring (bicyclic) bond motifs is 1. The zero-order valence-corrected chi connectivity index (χ0v) is 10.6. The predicted octanol–water partition coefficient (Wildman–Crippen LogP) is 2.75. The third-order valence-corrected chi connectivity index (χ3v) is 3.56. The first-order chi connectivity index (χ1) is 8.25. The maximum absolute atomic E-state index is 5.40. The largest absolute Gasteiger partial charge is 0.381 e. The molecule has 2 aromatic rings. The number of hydrogen-bond acceptors (Lipinski definition) is 3. The quantitative estimate of drug-likeness (QED) is 0.790. The molecule has 0 aliphatic carbocycles. The van der Waals surface area contributed by atoms with Crippen molar-refractivity contribution in [1.29, 1.82) is 0 Å². The van der Waals surface area contributed by atoms with Crippen molar-refractivity contribution in [1.82, 2.24) is 14.5 Å². The lowest BCUT2D eigenvalue weighted by molar-refractivity contribution is 0.0701. The highest BCUT2D eigenvalue weighted by atomic mass is 32.1. The minimum Gasteiger partial charge on any atom is -0.381 e. The molecule has 0 unspecified atom stereocenters. The van der Waals surface area contributed by atoms with E-state index in [0.29, 0.717) is 6.04 Å². The summed E-state index contributed by atoms with van der Waals surface area (Å²) in [5.74, 6) is 0. The van der Waals surface area contributed by atoms with E-state index in [1.165, 1.54) is 0 Å². The molecule has 0 aromatic carbocycles. The van der Waals surface area contributed by atoms with Gasteiger partial charge in [0.25, 0.3) is 0 Å². The van der Waals surface area contributed by atoms with Gasteiger partial charge in [-0.15, -0.1) is 0 Å². The average Bonchev–Trinajstić information content (AvgIpc) is 2.65. The summed E-state index contributed by atoms with van der Waals surface area (Å²) in [7, 11) is 0. The number of H-pyrrole nitrogens is 1. The van der Waals surface area contributed by atoms with Crippen molar-refractivity contribution in [2.75, 3.05) is 13.2 Å². The maximum atomic E-state index is 5.40. The van der Waals surface area contributed by atoms with Crippen LogP contribution >= 0.6 is 12.2 Å². The topological polar surface area (TPSA) is 42.8 Å². The van der Waals surface area contributed by atoms with Gasteiger partial charge in [-0.05, 0) is 44.1 Å². The first kappa shape index (κ1) is 10.9. The SMILES string of the molecule is Cc1ccc2[nH]c(=S)n(C3CCOCC3)c2n1. The lowest BCUT2D eigenvalue weighted by Gasteiger charge is -2.23. The summed E-state index contributed by atoms with van der Waals surface area (Å²) in [5, 5.41) is 0. The molecule has 17 heavy (non-hydrogen) atoms. The van der Waals surface area contributed by atoms with Gasteiger partial charge in [0.1, 0.15) is 0 Å². The molecule has 0 radical (unpaired) electrons. The summed E-state index contributed by atoms with van der Waals surface area (Å²) in [6.07, 6.45) is 2.02. The fraction of sp³-hybridized carbons (Fsp3) is 0.500. The second-order valence-corrected chi connectivity index (χ2v) is 4.85. The molecule has 5 heteroatoms. The van der Waals surface area contributed by atoms with Crippen LogP contribution in [0.15, 0.2) is 12.1 Å². The number of aryl methyl sites for hydroxylation is 1. The molecule has 1 aliphatic rings. The van der Waals surface area contributed by atoms with E-state index in [-0.39, 0.29) is 0 Å². The molecule has 4 nitrogen and oxygen atoms in total. The predicted molar refractivity (Wildman–Crippen MR) is 68.7 cm³/mol. The van der Waals surface area contributed by atoms with Crippen LogP contribution in [-0.2, 0) is 4.74 Å². The van der Waals surface area contributed by atoms with Crippen LogP contribution in [0.3, 0.4) is 0 Å². The Balaban J connectivity index is 2.16. The van der Waals surface area contributed by atoms with E-state index in [1.54, 1.807) is 0 Å². The molecular formula is C12H15N3OS. The molecule has 0 bridgehead atoms. The minimum absolute atomic E-state index is 0.416. The molecule has 1 saturated heterocycles. The molecule has 1 aliphatic heterocycles. The van der Waals surface area contributed by atoms with Crippen molar-refractivity contribution in [2.24, 2.45) is 0 Å². The Labute approximate surface area is 105 Å². The zero-order chi connectivity index (χ0) is 11.8. The van der Waals surface area contributed by atoms with Gasteiger partial charge in [0.05, 0.1) is 5.52 Å². The standard InChI is InChI=1S/C12H15N3OS/c1-8-2-3-10-11(13-8)15(12(17)14-10)9-4-6-16-7-5-9/h2-3,9H,4-7H2,1H3,(H,14,17). The summed E-state index contributed by atoms with van der Waals surface area (Å²) in [6.45, 7) is 3.62. The lowest BCUT2D eigenvalue weighted by atomic mass is 10.1. The molecule has 2 aromatic heterocycles. The van der Waals surface area contributed by atoms with Gasteiger partial charge < -0.3 is 9.72 Å². The molecule has 3 rings (SSSR count). The number of hydrogen-bond donors (Lipinski definition) is 1. The highest BCUT2D eigenvalue weighted by Gasteiger charge is 2.19. The minimum atomic E-state index is 0.416. The Morgan fingerprint density at radius 2 is 2.18 bits per heavy atom. The molecule has 3 heterocycles. The van der Waals surface area contributed by atoms with Crippen LogP contribution in [0.25, 0.3) is 11.2 Å². The van der Waals surface area contributed by atoms with E-state index >= 15 is 0 Å². The van der Waals surface area contributed by atoms with Crippen molar-refractivity contribution < 1.29 is 4.74 Å². The molecule has 0 atom stereocenters. The fourth-order valence-electron chi connectivity index (χ4n) is 2.38. The van der Waals surface area contributed by atoms with Gasteiger partial charge in [-0.3, -0.25) is 4.57 Å². The van der Waals surface area contributed by atoms with E-state index in [4.69, 9.17) is 17.0 Å². The van der Waals surface area contributed by atoms with Crippen LogP contribution in [-0.4, -0.2) is 27.7 Å². The van der Waals surface area contributed by atoms with Crippen LogP contribution in [0.4, 0.5) is 0 Å². The second kappa shape index (κ2) is 4.23. The van der Waals surface area contributed by atoms with Crippen LogP contribution in [0, 0.1) is 11.7 Å². The van der Waals surface area contributed by atoms with Gasteiger partial charge in [0.2, 0.25) is 0 Å². The Hall–Kier alpha value is -1.20. The van der Waals surface area contributed by atoms with Crippen LogP contribution in [0.2, 0.25) is 0 Å². The van der Waals surface area contributed by atoms with Crippen LogP contribution < -0.4 is 0 Å². The summed E-state index contributed by atoms with van der Waals surface area (Å²) in [4.78, 5) is 7.82. The number of aromatic amines is 1. The molecule has 1 fully saturated rings. The third kappa shape index (κ3) is 1.89. The highest BCUT2D eigenvalue weighted by Crippen LogP contribution is 2.25. The van der Waals surface area contributed by atoms with Crippen LogP contribution in [0.1, 0.15) is 24.6 Å². The average molecular weight is 249 g/mol. The Morgan fingerprint density at radius 1 is 1.41 bits per heavy atom. The van der Waals surface area contributed by atoms with Gasteiger partial charge in [0, 0.05) is 24.9 Å². The third-order valence-electron chi connectivity index (χ3n) is 3.26. The maximum Gasteiger partial charge on any atom is 0.179 e. The molecule has 1 N–H and O–H groups in total. The summed E-state index contributed by atoms with van der Waals surface area (Å²) >= 11 is 5.40. The van der Waals surface area contributed by atoms with E-state index < -0.39 is 0 Å². The summed E-state index contributed by atoms with van der Waals surface area (Å²) in [6, 6.07) is 4.46. The van der Waals surface area contributed by atoms with Crippen LogP contribution in [0.5, 0.6) is 0 Å². The number of pyridine rings is 1. The molecule has 90 valence electrons. The number of nitrogens with zero attached hydrogens (tertiary/aromatic N) is 2. The Morgan fingerprint density at radius 3 is 2.94 bits per heavy atom. The number of imidazole rings is 1. The van der Waals surface area contributed by atoms with Gasteiger partial charge >= 0.3 is 0 Å². The molecule has 0 spiro atoms. The molecule has 0 amide bonds. The normalized spacial score (nSPS) is 17.7. The van der Waals surface area contributed by atoms with Gasteiger partial charge in [-0.1, -0.05) is 0 Å². The summed E-state index contributed by atoms with van der Waals surface area (Å²) < 4.78 is 8.32. The van der Waals surface area contributed by atoms with Gasteiger partial charge in [0.15, 0.2) is 10.4 Å². The van der Waals surface area contributed by atoms with Crippen molar-refractivity contribution in [3.8, 4) is 0 Å².